The molecule has 1 aliphatic carbocycles. The zero-order valence-electron chi connectivity index (χ0n) is 15.7. The normalized spacial score (nSPS) is 19.2. The molecule has 1 saturated carbocycles. The van der Waals surface area contributed by atoms with Gasteiger partial charge in [0.25, 0.3) is 5.91 Å². The molecule has 0 saturated heterocycles. The van der Waals surface area contributed by atoms with Crippen LogP contribution in [-0.2, 0) is 16.6 Å². The number of aromatic nitrogens is 4. The Kier molecular flexibility index (Phi) is 4.12. The molecule has 29 heavy (non-hydrogen) atoms. The van der Waals surface area contributed by atoms with E-state index < -0.39 is 11.9 Å². The van der Waals surface area contributed by atoms with E-state index in [9.17, 15) is 9.59 Å². The molecular weight excluding hydrogens is 368 g/mol. The van der Waals surface area contributed by atoms with Crippen LogP contribution in [0.2, 0.25) is 0 Å². The van der Waals surface area contributed by atoms with Gasteiger partial charge in [-0.15, -0.1) is 10.2 Å². The summed E-state index contributed by atoms with van der Waals surface area (Å²) in [6.07, 6.45) is 4.73. The number of pyridine rings is 1. The van der Waals surface area contributed by atoms with E-state index >= 15 is 0 Å². The van der Waals surface area contributed by atoms with Crippen LogP contribution in [0.15, 0.2) is 48.7 Å². The van der Waals surface area contributed by atoms with Gasteiger partial charge in [0.15, 0.2) is 0 Å². The van der Waals surface area contributed by atoms with Gasteiger partial charge in [0.1, 0.15) is 17.7 Å². The molecule has 0 unspecified atom stereocenters. The van der Waals surface area contributed by atoms with Gasteiger partial charge in [-0.1, -0.05) is 36.4 Å². The highest BCUT2D eigenvalue weighted by molar-refractivity contribution is 6.00. The van der Waals surface area contributed by atoms with Crippen molar-refractivity contribution in [1.82, 2.24) is 25.5 Å². The first-order valence-electron chi connectivity index (χ1n) is 9.66. The fourth-order valence-electron chi connectivity index (χ4n) is 3.97. The molecule has 0 bridgehead atoms. The minimum absolute atomic E-state index is 0.0966. The highest BCUT2D eigenvalue weighted by Crippen LogP contribution is 2.54. The van der Waals surface area contributed by atoms with Crippen LogP contribution in [0.1, 0.15) is 46.8 Å². The molecule has 1 atom stereocenters. The second-order valence-corrected chi connectivity index (χ2v) is 7.68. The lowest BCUT2D eigenvalue weighted by molar-refractivity contribution is -0.118. The van der Waals surface area contributed by atoms with Gasteiger partial charge in [-0.2, -0.15) is 0 Å². The summed E-state index contributed by atoms with van der Waals surface area (Å²) < 4.78 is 0. The van der Waals surface area contributed by atoms with Crippen molar-refractivity contribution < 1.29 is 9.59 Å². The number of nitrogens with zero attached hydrogens (tertiary/aromatic N) is 3. The number of fused-ring (bicyclic) bond motifs is 2. The average Bonchev–Trinajstić information content (AvgIpc) is 3.39. The van der Waals surface area contributed by atoms with Crippen LogP contribution in [0.3, 0.4) is 0 Å². The third kappa shape index (κ3) is 3.37. The van der Waals surface area contributed by atoms with Crippen LogP contribution in [0.4, 0.5) is 5.82 Å². The van der Waals surface area contributed by atoms with Crippen LogP contribution in [0.5, 0.6) is 0 Å². The monoisotopic (exact) mass is 388 g/mol. The summed E-state index contributed by atoms with van der Waals surface area (Å²) in [5, 5.41) is 13.7. The van der Waals surface area contributed by atoms with Gasteiger partial charge in [-0.05, 0) is 30.9 Å². The van der Waals surface area contributed by atoms with Crippen molar-refractivity contribution in [2.45, 2.75) is 37.1 Å². The predicted molar refractivity (Wildman–Crippen MR) is 105 cm³/mol. The van der Waals surface area contributed by atoms with Gasteiger partial charge in [-0.3, -0.25) is 9.59 Å². The van der Waals surface area contributed by atoms with Gasteiger partial charge in [-0.25, -0.2) is 4.98 Å². The van der Waals surface area contributed by atoms with Gasteiger partial charge >= 0.3 is 0 Å². The first-order valence-corrected chi connectivity index (χ1v) is 9.66. The second kappa shape index (κ2) is 6.80. The molecule has 8 nitrogen and oxygen atoms in total. The first kappa shape index (κ1) is 17.5. The van der Waals surface area contributed by atoms with Crippen LogP contribution in [-0.4, -0.2) is 38.0 Å². The van der Waals surface area contributed by atoms with Crippen molar-refractivity contribution in [3.63, 3.8) is 0 Å². The van der Waals surface area contributed by atoms with Gasteiger partial charge < -0.3 is 15.6 Å². The standard InChI is InChI=1S/C21H20N6O2/c28-19-15(12-21(8-9-21)14-7-4-10-22-17(14)25-19)23-20(29)18-24-16(26-27-18)11-13-5-2-1-3-6-13/h1-7,10,15H,8-9,11-12H2,(H,23,29)(H,22,25,28)(H,24,26,27)/t15-/m0/s1. The smallest absolute Gasteiger partial charge is 0.289 e. The maximum atomic E-state index is 12.7. The predicted octanol–water partition coefficient (Wildman–Crippen LogP) is 1.96. The van der Waals surface area contributed by atoms with Crippen molar-refractivity contribution in [3.05, 3.63) is 71.4 Å². The minimum Gasteiger partial charge on any atom is -0.337 e. The third-order valence-electron chi connectivity index (χ3n) is 5.65. The van der Waals surface area contributed by atoms with E-state index in [-0.39, 0.29) is 17.1 Å². The molecule has 1 aromatic carbocycles. The Hall–Kier alpha value is -3.55. The number of benzene rings is 1. The van der Waals surface area contributed by atoms with Crippen LogP contribution in [0.25, 0.3) is 0 Å². The van der Waals surface area contributed by atoms with Gasteiger partial charge in [0.2, 0.25) is 11.7 Å². The lowest BCUT2D eigenvalue weighted by atomic mass is 9.90. The molecule has 3 N–H and O–H groups in total. The number of amides is 2. The molecule has 2 aromatic heterocycles. The Labute approximate surface area is 167 Å². The number of carbonyl (C=O) groups is 2. The summed E-state index contributed by atoms with van der Waals surface area (Å²) in [5.74, 6) is 0.602. The van der Waals surface area contributed by atoms with Gasteiger partial charge in [0.05, 0.1) is 0 Å². The Morgan fingerprint density at radius 1 is 1.14 bits per heavy atom. The highest BCUT2D eigenvalue weighted by Gasteiger charge is 2.50. The van der Waals surface area contributed by atoms with Crippen molar-refractivity contribution in [2.24, 2.45) is 0 Å². The SMILES string of the molecule is O=C(N[C@H]1CC2(CC2)c2cccnc2NC1=O)c1nnc(Cc2ccccc2)[nH]1. The van der Waals surface area contributed by atoms with Crippen molar-refractivity contribution in [1.29, 1.82) is 0 Å². The molecule has 1 spiro atoms. The lowest BCUT2D eigenvalue weighted by Crippen LogP contribution is -2.44. The van der Waals surface area contributed by atoms with E-state index in [4.69, 9.17) is 0 Å². The van der Waals surface area contributed by atoms with Crippen molar-refractivity contribution in [2.75, 3.05) is 5.32 Å². The number of hydrogen-bond donors (Lipinski definition) is 3. The van der Waals surface area contributed by atoms with Gasteiger partial charge in [0, 0.05) is 23.6 Å². The van der Waals surface area contributed by atoms with Crippen molar-refractivity contribution >= 4 is 17.6 Å². The molecule has 5 rings (SSSR count). The fraction of sp³-hybridized carbons (Fsp3) is 0.286. The first-order chi connectivity index (χ1) is 14.1. The Bertz CT molecular complexity index is 1070. The quantitative estimate of drug-likeness (QED) is 0.632. The zero-order valence-corrected chi connectivity index (χ0v) is 15.7. The number of rotatable bonds is 4. The minimum atomic E-state index is -0.651. The molecule has 1 fully saturated rings. The molecule has 2 amide bonds. The van der Waals surface area contributed by atoms with Crippen LogP contribution >= 0.6 is 0 Å². The molecule has 1 aliphatic heterocycles. The van der Waals surface area contributed by atoms with Crippen LogP contribution < -0.4 is 10.6 Å². The number of aromatic amines is 1. The number of anilines is 1. The summed E-state index contributed by atoms with van der Waals surface area (Å²) in [4.78, 5) is 32.7. The van der Waals surface area contributed by atoms with E-state index in [2.05, 4.69) is 30.8 Å². The number of nitrogens with one attached hydrogen (secondary N) is 3. The molecular formula is C21H20N6O2. The van der Waals surface area contributed by atoms with Crippen molar-refractivity contribution in [3.8, 4) is 0 Å². The summed E-state index contributed by atoms with van der Waals surface area (Å²) in [6, 6.07) is 13.1. The lowest BCUT2D eigenvalue weighted by Gasteiger charge is -2.19. The Morgan fingerprint density at radius 3 is 2.76 bits per heavy atom. The van der Waals surface area contributed by atoms with E-state index in [0.29, 0.717) is 24.5 Å². The van der Waals surface area contributed by atoms with E-state index in [0.717, 1.165) is 24.0 Å². The van der Waals surface area contributed by atoms with Crippen LogP contribution in [0, 0.1) is 0 Å². The molecule has 0 radical (unpaired) electrons. The fourth-order valence-corrected chi connectivity index (χ4v) is 3.97. The summed E-state index contributed by atoms with van der Waals surface area (Å²) >= 11 is 0. The second-order valence-electron chi connectivity index (χ2n) is 7.68. The Balaban J connectivity index is 1.31. The summed E-state index contributed by atoms with van der Waals surface area (Å²) in [5.41, 5.74) is 2.02. The van der Waals surface area contributed by atoms with E-state index in [1.54, 1.807) is 6.20 Å². The molecule has 3 heterocycles. The molecule has 2 aliphatic rings. The van der Waals surface area contributed by atoms with E-state index in [1.807, 2.05) is 42.5 Å². The molecule has 3 aromatic rings. The highest BCUT2D eigenvalue weighted by atomic mass is 16.2. The summed E-state index contributed by atoms with van der Waals surface area (Å²) in [6.45, 7) is 0. The molecule has 146 valence electrons. The number of H-pyrrole nitrogens is 1. The topological polar surface area (TPSA) is 113 Å². The maximum absolute atomic E-state index is 12.7. The third-order valence-corrected chi connectivity index (χ3v) is 5.65. The number of hydrogen-bond acceptors (Lipinski definition) is 5. The van der Waals surface area contributed by atoms with E-state index in [1.165, 1.54) is 0 Å². The maximum Gasteiger partial charge on any atom is 0.289 e. The zero-order chi connectivity index (χ0) is 19.8. The Morgan fingerprint density at radius 2 is 1.97 bits per heavy atom. The average molecular weight is 388 g/mol. The molecule has 8 heteroatoms. The number of carbonyl (C=O) groups excluding carboxylic acids is 2. The largest absolute Gasteiger partial charge is 0.337 e. The summed E-state index contributed by atoms with van der Waals surface area (Å²) in [7, 11) is 0.